The fourth-order valence-electron chi connectivity index (χ4n) is 0.442. The molecule has 6 heteroatoms. The zero-order chi connectivity index (χ0) is 8.27. The first-order valence-corrected chi connectivity index (χ1v) is 3.76. The Labute approximate surface area is 67.6 Å². The van der Waals surface area contributed by atoms with Gasteiger partial charge in [0.1, 0.15) is 0 Å². The van der Waals surface area contributed by atoms with Crippen LogP contribution in [0.15, 0.2) is 9.79 Å². The van der Waals surface area contributed by atoms with E-state index in [1.54, 1.807) is 11.2 Å². The Balaban J connectivity index is 2.72. The second-order valence-electron chi connectivity index (χ2n) is 2.11. The molecule has 11 heavy (non-hydrogen) atoms. The van der Waals surface area contributed by atoms with Crippen molar-refractivity contribution in [2.75, 3.05) is 14.1 Å². The van der Waals surface area contributed by atoms with Gasteiger partial charge in [-0.3, -0.25) is 4.37 Å². The van der Waals surface area contributed by atoms with Crippen LogP contribution in [0.4, 0.5) is 5.13 Å². The summed E-state index contributed by atoms with van der Waals surface area (Å²) >= 11 is 1.12. The van der Waals surface area contributed by atoms with Crippen molar-refractivity contribution in [2.24, 2.45) is 4.99 Å². The average molecular weight is 172 g/mol. The first-order chi connectivity index (χ1) is 5.18. The van der Waals surface area contributed by atoms with E-state index >= 15 is 0 Å². The van der Waals surface area contributed by atoms with Crippen molar-refractivity contribution in [3.05, 3.63) is 10.5 Å². The molecule has 1 aromatic rings. The van der Waals surface area contributed by atoms with Gasteiger partial charge in [0.15, 0.2) is 0 Å². The molecule has 0 aromatic carbocycles. The Kier molecular flexibility index (Phi) is 2.37. The van der Waals surface area contributed by atoms with Crippen LogP contribution in [-0.2, 0) is 0 Å². The Morgan fingerprint density at radius 2 is 2.45 bits per heavy atom. The third kappa shape index (κ3) is 2.50. The lowest BCUT2D eigenvalue weighted by atomic mass is 10.9. The smallest absolute Gasteiger partial charge is 0.357 e. The third-order valence-electron chi connectivity index (χ3n) is 0.826. The predicted octanol–water partition coefficient (Wildman–Crippen LogP) is 0.0528. The van der Waals surface area contributed by atoms with Gasteiger partial charge in [0.2, 0.25) is 5.13 Å². The van der Waals surface area contributed by atoms with Crippen molar-refractivity contribution >= 4 is 23.0 Å². The van der Waals surface area contributed by atoms with Crippen LogP contribution in [0.1, 0.15) is 0 Å². The van der Waals surface area contributed by atoms with Gasteiger partial charge >= 0.3 is 5.69 Å². The highest BCUT2D eigenvalue weighted by atomic mass is 32.1. The third-order valence-corrected chi connectivity index (χ3v) is 1.48. The minimum absolute atomic E-state index is 0.346. The number of hydrogen-bond acceptors (Lipinski definition) is 4. The second-order valence-corrected chi connectivity index (χ2v) is 2.89. The highest BCUT2D eigenvalue weighted by molar-refractivity contribution is 7.09. The molecule has 0 bridgehead atoms. The summed E-state index contributed by atoms with van der Waals surface area (Å²) in [5, 5.41) is 0.448. The van der Waals surface area contributed by atoms with Gasteiger partial charge in [-0.15, -0.1) is 0 Å². The quantitative estimate of drug-likeness (QED) is 0.506. The number of aliphatic imine (C=N–C) groups is 1. The summed E-state index contributed by atoms with van der Waals surface area (Å²) in [6.07, 6.45) is 1.59. The summed E-state index contributed by atoms with van der Waals surface area (Å²) in [4.78, 5) is 19.7. The van der Waals surface area contributed by atoms with E-state index in [-0.39, 0.29) is 5.69 Å². The molecule has 0 unspecified atom stereocenters. The normalized spacial score (nSPS) is 10.7. The van der Waals surface area contributed by atoms with Gasteiger partial charge in [-0.05, 0) is 11.5 Å². The monoisotopic (exact) mass is 172 g/mol. The highest BCUT2D eigenvalue weighted by Gasteiger charge is 1.92. The Morgan fingerprint density at radius 1 is 1.73 bits per heavy atom. The van der Waals surface area contributed by atoms with Crippen LogP contribution < -0.4 is 5.69 Å². The molecule has 0 atom stereocenters. The van der Waals surface area contributed by atoms with Crippen LogP contribution >= 0.6 is 11.5 Å². The molecule has 1 heterocycles. The van der Waals surface area contributed by atoms with Crippen molar-refractivity contribution < 1.29 is 0 Å². The molecular weight excluding hydrogens is 164 g/mol. The lowest BCUT2D eigenvalue weighted by molar-refractivity contribution is 0.643. The van der Waals surface area contributed by atoms with Crippen LogP contribution in [0.2, 0.25) is 0 Å². The predicted molar refractivity (Wildman–Crippen MR) is 44.6 cm³/mol. The van der Waals surface area contributed by atoms with E-state index in [9.17, 15) is 4.79 Å². The summed E-state index contributed by atoms with van der Waals surface area (Å²) in [6.45, 7) is 0. The van der Waals surface area contributed by atoms with E-state index in [1.165, 1.54) is 0 Å². The summed E-state index contributed by atoms with van der Waals surface area (Å²) in [6, 6.07) is 0. The zero-order valence-corrected chi connectivity index (χ0v) is 7.05. The van der Waals surface area contributed by atoms with Gasteiger partial charge in [-0.2, -0.15) is 4.98 Å². The van der Waals surface area contributed by atoms with Crippen LogP contribution in [0.3, 0.4) is 0 Å². The molecular formula is C5H8N4OS. The molecule has 0 spiro atoms. The van der Waals surface area contributed by atoms with Crippen molar-refractivity contribution in [2.45, 2.75) is 0 Å². The molecule has 1 N–H and O–H groups in total. The minimum atomic E-state index is -0.346. The van der Waals surface area contributed by atoms with Crippen LogP contribution in [0.25, 0.3) is 0 Å². The number of aromatic amines is 1. The molecule has 0 saturated heterocycles. The molecule has 5 nitrogen and oxygen atoms in total. The fourth-order valence-corrected chi connectivity index (χ4v) is 0.895. The standard InChI is InChI=1S/C5H8N4OS/c1-9(2)3-6-5-7-4(10)8-11-5/h3H,1-2H3,(H,8,10)/b6-3+. The van der Waals surface area contributed by atoms with E-state index in [4.69, 9.17) is 0 Å². The van der Waals surface area contributed by atoms with E-state index < -0.39 is 0 Å². The lowest BCUT2D eigenvalue weighted by Gasteiger charge is -1.99. The molecule has 0 aliphatic heterocycles. The van der Waals surface area contributed by atoms with Gasteiger partial charge in [0.05, 0.1) is 6.34 Å². The zero-order valence-electron chi connectivity index (χ0n) is 6.24. The summed E-state index contributed by atoms with van der Waals surface area (Å²) < 4.78 is 2.44. The van der Waals surface area contributed by atoms with Crippen molar-refractivity contribution in [3.8, 4) is 0 Å². The number of nitrogens with one attached hydrogen (secondary N) is 1. The van der Waals surface area contributed by atoms with Crippen LogP contribution in [0.5, 0.6) is 0 Å². The van der Waals surface area contributed by atoms with Gasteiger partial charge in [-0.1, -0.05) is 0 Å². The van der Waals surface area contributed by atoms with Crippen molar-refractivity contribution in [1.29, 1.82) is 0 Å². The number of hydrogen-bond donors (Lipinski definition) is 1. The number of aromatic nitrogens is 2. The molecule has 0 fully saturated rings. The van der Waals surface area contributed by atoms with E-state index in [1.807, 2.05) is 14.1 Å². The molecule has 60 valence electrons. The van der Waals surface area contributed by atoms with Crippen LogP contribution in [0, 0.1) is 0 Å². The Morgan fingerprint density at radius 3 is 2.91 bits per heavy atom. The summed E-state index contributed by atoms with van der Waals surface area (Å²) in [7, 11) is 3.69. The highest BCUT2D eigenvalue weighted by Crippen LogP contribution is 2.07. The molecule has 0 amide bonds. The van der Waals surface area contributed by atoms with Gasteiger partial charge in [0, 0.05) is 14.1 Å². The maximum absolute atomic E-state index is 10.5. The second kappa shape index (κ2) is 3.29. The van der Waals surface area contributed by atoms with E-state index in [2.05, 4.69) is 14.3 Å². The lowest BCUT2D eigenvalue weighted by Crippen LogP contribution is -2.07. The van der Waals surface area contributed by atoms with Gasteiger partial charge in [0.25, 0.3) is 0 Å². The number of nitrogens with zero attached hydrogens (tertiary/aromatic N) is 3. The molecule has 0 aliphatic rings. The maximum Gasteiger partial charge on any atom is 0.357 e. The van der Waals surface area contributed by atoms with E-state index in [0.717, 1.165) is 11.5 Å². The Bertz CT molecular complexity index is 299. The number of rotatable bonds is 2. The topological polar surface area (TPSA) is 61.4 Å². The van der Waals surface area contributed by atoms with Gasteiger partial charge < -0.3 is 4.90 Å². The summed E-state index contributed by atoms with van der Waals surface area (Å²) in [5.41, 5.74) is -0.346. The Hall–Kier alpha value is -1.17. The van der Waals surface area contributed by atoms with Crippen molar-refractivity contribution in [3.63, 3.8) is 0 Å². The van der Waals surface area contributed by atoms with E-state index in [0.29, 0.717) is 5.13 Å². The SMILES string of the molecule is CN(C)/C=N/c1nc(=O)[nH]s1. The molecule has 1 rings (SSSR count). The number of H-pyrrole nitrogens is 1. The molecule has 0 saturated carbocycles. The van der Waals surface area contributed by atoms with Crippen LogP contribution in [-0.4, -0.2) is 34.7 Å². The minimum Gasteiger partial charge on any atom is -0.369 e. The first-order valence-electron chi connectivity index (χ1n) is 2.94. The average Bonchev–Trinajstić information content (AvgIpc) is 2.31. The largest absolute Gasteiger partial charge is 0.369 e. The first kappa shape index (κ1) is 7.93. The van der Waals surface area contributed by atoms with Gasteiger partial charge in [-0.25, -0.2) is 9.79 Å². The van der Waals surface area contributed by atoms with Crippen molar-refractivity contribution in [1.82, 2.24) is 14.3 Å². The fraction of sp³-hybridized carbons (Fsp3) is 0.400. The molecule has 1 aromatic heterocycles. The molecule has 0 aliphatic carbocycles. The maximum atomic E-state index is 10.5. The summed E-state index contributed by atoms with van der Waals surface area (Å²) in [5.74, 6) is 0. The molecule has 0 radical (unpaired) electrons.